The molecule has 3 aromatic carbocycles. The minimum absolute atomic E-state index is 0.181. The van der Waals surface area contributed by atoms with Crippen molar-refractivity contribution < 1.29 is 8.81 Å². The summed E-state index contributed by atoms with van der Waals surface area (Å²) >= 11 is 0. The van der Waals surface area contributed by atoms with Gasteiger partial charge >= 0.3 is 0 Å². The predicted molar refractivity (Wildman–Crippen MR) is 128 cm³/mol. The van der Waals surface area contributed by atoms with Gasteiger partial charge in [0.05, 0.1) is 5.56 Å². The van der Waals surface area contributed by atoms with E-state index in [0.29, 0.717) is 11.5 Å². The Balaban J connectivity index is 1.42. The number of anilines is 1. The molecular weight excluding hydrogens is 415 g/mol. The number of hydrogen-bond acceptors (Lipinski definition) is 5. The summed E-state index contributed by atoms with van der Waals surface area (Å²) in [5, 5.41) is 8.53. The van der Waals surface area contributed by atoms with Crippen LogP contribution in [-0.2, 0) is 0 Å². The monoisotopic (exact) mass is 442 g/mol. The summed E-state index contributed by atoms with van der Waals surface area (Å²) in [5.41, 5.74) is 5.27. The van der Waals surface area contributed by atoms with Crippen molar-refractivity contribution in [2.75, 3.05) is 31.1 Å². The minimum atomic E-state index is -0.369. The van der Waals surface area contributed by atoms with Crippen LogP contribution in [0.25, 0.3) is 11.5 Å². The maximum atomic E-state index is 14.3. The molecule has 0 radical (unpaired) electrons. The maximum Gasteiger partial charge on any atom is 0.250 e. The van der Waals surface area contributed by atoms with Crippen LogP contribution < -0.4 is 4.90 Å². The molecule has 0 bridgehead atoms. The average Bonchev–Trinajstić information content (AvgIpc) is 3.32. The Morgan fingerprint density at radius 3 is 2.33 bits per heavy atom. The summed E-state index contributed by atoms with van der Waals surface area (Å²) in [4.78, 5) is 4.81. The highest BCUT2D eigenvalue weighted by Gasteiger charge is 2.31. The molecule has 33 heavy (non-hydrogen) atoms. The molecule has 0 N–H and O–H groups in total. The Morgan fingerprint density at radius 2 is 1.58 bits per heavy atom. The average molecular weight is 443 g/mol. The number of piperazine rings is 1. The zero-order chi connectivity index (χ0) is 22.8. The summed E-state index contributed by atoms with van der Waals surface area (Å²) in [6.07, 6.45) is 0. The fraction of sp³-hybridized carbons (Fsp3) is 0.259. The van der Waals surface area contributed by atoms with Crippen molar-refractivity contribution in [1.29, 1.82) is 0 Å². The topological polar surface area (TPSA) is 45.4 Å². The number of aromatic nitrogens is 2. The minimum Gasteiger partial charge on any atom is -0.418 e. The lowest BCUT2D eigenvalue weighted by molar-refractivity contribution is 0.188. The van der Waals surface area contributed by atoms with Crippen molar-refractivity contribution in [2.24, 2.45) is 0 Å². The smallest absolute Gasteiger partial charge is 0.250 e. The van der Waals surface area contributed by atoms with Crippen LogP contribution in [0.4, 0.5) is 10.1 Å². The van der Waals surface area contributed by atoms with E-state index in [-0.39, 0.29) is 17.7 Å². The molecule has 0 spiro atoms. The zero-order valence-electron chi connectivity index (χ0n) is 18.9. The summed E-state index contributed by atoms with van der Waals surface area (Å²) in [6, 6.07) is 23.1. The molecule has 1 saturated heterocycles. The van der Waals surface area contributed by atoms with E-state index in [9.17, 15) is 4.39 Å². The lowest BCUT2D eigenvalue weighted by atomic mass is 10.0. The maximum absolute atomic E-state index is 14.3. The van der Waals surface area contributed by atoms with Gasteiger partial charge in [-0.15, -0.1) is 10.2 Å². The van der Waals surface area contributed by atoms with Gasteiger partial charge in [-0.25, -0.2) is 4.39 Å². The number of benzene rings is 3. The largest absolute Gasteiger partial charge is 0.418 e. The lowest BCUT2D eigenvalue weighted by Crippen LogP contribution is -2.48. The first-order chi connectivity index (χ1) is 16.1. The van der Waals surface area contributed by atoms with Gasteiger partial charge in [0.25, 0.3) is 5.89 Å². The molecule has 5 rings (SSSR count). The molecule has 1 fully saturated rings. The second-order valence-electron chi connectivity index (χ2n) is 8.55. The second-order valence-corrected chi connectivity index (χ2v) is 8.55. The fourth-order valence-electron chi connectivity index (χ4n) is 4.51. The quantitative estimate of drug-likeness (QED) is 0.414. The van der Waals surface area contributed by atoms with Crippen molar-refractivity contribution in [3.8, 4) is 11.5 Å². The summed E-state index contributed by atoms with van der Waals surface area (Å²) in [7, 11) is 0. The Bertz CT molecular complexity index is 1230. The number of aryl methyl sites for hydroxylation is 2. The third-order valence-electron chi connectivity index (χ3n) is 6.28. The third-order valence-corrected chi connectivity index (χ3v) is 6.28. The van der Waals surface area contributed by atoms with Gasteiger partial charge in [-0.1, -0.05) is 54.6 Å². The highest BCUT2D eigenvalue weighted by atomic mass is 19.1. The van der Waals surface area contributed by atoms with Crippen molar-refractivity contribution in [3.63, 3.8) is 0 Å². The van der Waals surface area contributed by atoms with Crippen LogP contribution in [0.5, 0.6) is 0 Å². The van der Waals surface area contributed by atoms with Crippen LogP contribution >= 0.6 is 0 Å². The first-order valence-corrected chi connectivity index (χ1v) is 11.3. The Hall–Kier alpha value is -3.51. The van der Waals surface area contributed by atoms with Gasteiger partial charge < -0.3 is 9.32 Å². The molecule has 168 valence electrons. The molecule has 5 nitrogen and oxygen atoms in total. The first-order valence-electron chi connectivity index (χ1n) is 11.3. The predicted octanol–water partition coefficient (Wildman–Crippen LogP) is 5.40. The molecule has 4 aromatic rings. The molecule has 1 atom stereocenters. The van der Waals surface area contributed by atoms with E-state index in [1.807, 2.05) is 18.2 Å². The van der Waals surface area contributed by atoms with Crippen LogP contribution in [0.2, 0.25) is 0 Å². The molecule has 0 unspecified atom stereocenters. The van der Waals surface area contributed by atoms with Crippen LogP contribution in [0.1, 0.15) is 28.6 Å². The van der Waals surface area contributed by atoms with Crippen LogP contribution in [0.3, 0.4) is 0 Å². The Labute approximate surface area is 193 Å². The number of rotatable bonds is 5. The summed E-state index contributed by atoms with van der Waals surface area (Å²) in [5.74, 6) is 0.323. The highest BCUT2D eigenvalue weighted by molar-refractivity contribution is 5.55. The van der Waals surface area contributed by atoms with E-state index in [0.717, 1.165) is 31.7 Å². The van der Waals surface area contributed by atoms with E-state index in [4.69, 9.17) is 4.42 Å². The lowest BCUT2D eigenvalue weighted by Gasteiger charge is -2.39. The molecule has 2 heterocycles. The molecule has 0 aliphatic carbocycles. The fourth-order valence-corrected chi connectivity index (χ4v) is 4.51. The van der Waals surface area contributed by atoms with Crippen LogP contribution in [-0.4, -0.2) is 41.3 Å². The Kier molecular flexibility index (Phi) is 5.92. The summed E-state index contributed by atoms with van der Waals surface area (Å²) < 4.78 is 20.3. The highest BCUT2D eigenvalue weighted by Crippen LogP contribution is 2.32. The second kappa shape index (κ2) is 9.16. The van der Waals surface area contributed by atoms with E-state index in [1.54, 1.807) is 18.2 Å². The standard InChI is InChI=1S/C27H27FN4O/c1-19-12-13-20(2)24(18-19)31-14-16-32(17-15-31)25(21-8-4-3-5-9-21)27-30-29-26(33-27)22-10-6-7-11-23(22)28/h3-13,18,25H,14-17H2,1-2H3/t25-/m0/s1. The molecule has 0 amide bonds. The zero-order valence-corrected chi connectivity index (χ0v) is 18.9. The van der Waals surface area contributed by atoms with E-state index >= 15 is 0 Å². The molecule has 6 heteroatoms. The molecule has 1 aliphatic heterocycles. The van der Waals surface area contributed by atoms with Crippen molar-refractivity contribution in [2.45, 2.75) is 19.9 Å². The van der Waals surface area contributed by atoms with Crippen LogP contribution in [0, 0.1) is 19.7 Å². The van der Waals surface area contributed by atoms with Gasteiger partial charge in [0.2, 0.25) is 5.89 Å². The normalized spacial score (nSPS) is 15.5. The number of nitrogens with zero attached hydrogens (tertiary/aromatic N) is 4. The van der Waals surface area contributed by atoms with Crippen molar-refractivity contribution in [1.82, 2.24) is 15.1 Å². The van der Waals surface area contributed by atoms with Gasteiger partial charge in [-0.3, -0.25) is 4.90 Å². The SMILES string of the molecule is Cc1ccc(C)c(N2CCN([C@@H](c3ccccc3)c3nnc(-c4ccccc4F)o3)CC2)c1. The van der Waals surface area contributed by atoms with Gasteiger partial charge in [0.1, 0.15) is 11.9 Å². The summed E-state index contributed by atoms with van der Waals surface area (Å²) in [6.45, 7) is 7.81. The van der Waals surface area contributed by atoms with E-state index in [2.05, 4.69) is 64.2 Å². The van der Waals surface area contributed by atoms with E-state index < -0.39 is 0 Å². The number of hydrogen-bond donors (Lipinski definition) is 0. The molecule has 1 aliphatic rings. The first kappa shape index (κ1) is 21.3. The molecular formula is C27H27FN4O. The third kappa shape index (κ3) is 4.39. The van der Waals surface area contributed by atoms with Crippen molar-refractivity contribution >= 4 is 5.69 Å². The van der Waals surface area contributed by atoms with Gasteiger partial charge in [0.15, 0.2) is 0 Å². The van der Waals surface area contributed by atoms with Gasteiger partial charge in [-0.2, -0.15) is 0 Å². The number of halogens is 1. The molecule has 0 saturated carbocycles. The Morgan fingerprint density at radius 1 is 0.848 bits per heavy atom. The van der Waals surface area contributed by atoms with Crippen molar-refractivity contribution in [3.05, 3.63) is 101 Å². The van der Waals surface area contributed by atoms with E-state index in [1.165, 1.54) is 22.9 Å². The molecule has 1 aromatic heterocycles. The van der Waals surface area contributed by atoms with Gasteiger partial charge in [0, 0.05) is 31.9 Å². The van der Waals surface area contributed by atoms with Gasteiger partial charge in [-0.05, 0) is 48.7 Å². The van der Waals surface area contributed by atoms with Crippen LogP contribution in [0.15, 0.2) is 77.2 Å².